The molecule has 1 aromatic heterocycles. The van der Waals surface area contributed by atoms with Crippen molar-refractivity contribution in [1.29, 1.82) is 0 Å². The summed E-state index contributed by atoms with van der Waals surface area (Å²) in [4.78, 5) is 67.5. The highest BCUT2D eigenvalue weighted by Crippen LogP contribution is 2.43. The van der Waals surface area contributed by atoms with Crippen molar-refractivity contribution < 1.29 is 29.1 Å². The monoisotopic (exact) mass is 638 g/mol. The Bertz CT molecular complexity index is 2390. The molecule has 0 saturated carbocycles. The van der Waals surface area contributed by atoms with Crippen molar-refractivity contribution in [3.8, 4) is 11.3 Å². The number of rotatable bonds is 5. The largest absolute Gasteiger partial charge is 0.478 e. The van der Waals surface area contributed by atoms with Crippen LogP contribution in [0.2, 0.25) is 0 Å². The summed E-state index contributed by atoms with van der Waals surface area (Å²) in [7, 11) is 0. The van der Waals surface area contributed by atoms with Gasteiger partial charge in [0.2, 0.25) is 0 Å². The number of nitrogens with zero attached hydrogens (tertiary/aromatic N) is 1. The Morgan fingerprint density at radius 3 is 2.20 bits per heavy atom. The maximum Gasteiger partial charge on any atom is 0.335 e. The second-order valence-electron chi connectivity index (χ2n) is 10.7. The smallest absolute Gasteiger partial charge is 0.335 e. The van der Waals surface area contributed by atoms with E-state index in [2.05, 4.69) is 9.69 Å². The fraction of sp³-hybridized carbons (Fsp3) is 0. The number of nitrogens with one attached hydrogen (secondary N) is 1. The van der Waals surface area contributed by atoms with Crippen LogP contribution in [0.4, 0.5) is 5.69 Å². The zero-order valence-electron chi connectivity index (χ0n) is 23.5. The van der Waals surface area contributed by atoms with Crippen LogP contribution in [0.15, 0.2) is 107 Å². The molecule has 0 spiro atoms. The molecule has 1 heterocycles. The highest BCUT2D eigenvalue weighted by atomic mass is 32.2. The summed E-state index contributed by atoms with van der Waals surface area (Å²) in [5.74, 6) is -2.50. The summed E-state index contributed by atoms with van der Waals surface area (Å²) in [6.07, 6.45) is 0. The lowest BCUT2D eigenvalue weighted by molar-refractivity contribution is 0.0695. The van der Waals surface area contributed by atoms with E-state index in [1.807, 2.05) is 12.1 Å². The molecule has 0 radical (unpaired) electrons. The highest BCUT2D eigenvalue weighted by Gasteiger charge is 2.35. The molecule has 0 unspecified atom stereocenters. The van der Waals surface area contributed by atoms with Gasteiger partial charge in [0.25, 0.3) is 5.91 Å². The second kappa shape index (κ2) is 10.4. The van der Waals surface area contributed by atoms with Crippen molar-refractivity contribution >= 4 is 68.3 Å². The minimum atomic E-state index is -1.07. The molecule has 8 rings (SSSR count). The SMILES string of the molecule is O=C(O)c1cccc(Sc2cccc3c2C(=O)c2cccc(NC(=O)c4ccc5c6c(nsc46)-c4ccccc4C5=O)c2C3=O)c1. The summed E-state index contributed by atoms with van der Waals surface area (Å²) in [5, 5.41) is 12.9. The summed E-state index contributed by atoms with van der Waals surface area (Å²) in [5.41, 5.74) is 3.66. The van der Waals surface area contributed by atoms with Crippen LogP contribution in [0.3, 0.4) is 0 Å². The topological polar surface area (TPSA) is 130 Å². The number of carbonyl (C=O) groups is 5. The van der Waals surface area contributed by atoms with Gasteiger partial charge < -0.3 is 10.4 Å². The predicted molar refractivity (Wildman–Crippen MR) is 174 cm³/mol. The average molecular weight is 639 g/mol. The van der Waals surface area contributed by atoms with Crippen LogP contribution < -0.4 is 5.32 Å². The molecular formula is C36H18N2O6S2. The van der Waals surface area contributed by atoms with Crippen LogP contribution in [-0.4, -0.2) is 38.7 Å². The van der Waals surface area contributed by atoms with Crippen LogP contribution in [0, 0.1) is 0 Å². The maximum absolute atomic E-state index is 14.0. The molecule has 2 aliphatic rings. The average Bonchev–Trinajstić information content (AvgIpc) is 3.52. The van der Waals surface area contributed by atoms with Crippen molar-refractivity contribution in [3.05, 3.63) is 142 Å². The van der Waals surface area contributed by atoms with Gasteiger partial charge in [-0.15, -0.1) is 0 Å². The fourth-order valence-electron chi connectivity index (χ4n) is 6.04. The van der Waals surface area contributed by atoms with Gasteiger partial charge in [0.1, 0.15) is 0 Å². The summed E-state index contributed by atoms with van der Waals surface area (Å²) >= 11 is 2.33. The first kappa shape index (κ1) is 27.8. The molecule has 10 heteroatoms. The summed E-state index contributed by atoms with van der Waals surface area (Å²) in [6, 6.07) is 26.5. The molecule has 220 valence electrons. The number of fused-ring (bicyclic) bond motifs is 4. The molecule has 5 aromatic carbocycles. The molecule has 0 bridgehead atoms. The number of carbonyl (C=O) groups excluding carboxylic acids is 4. The van der Waals surface area contributed by atoms with Gasteiger partial charge in [-0.1, -0.05) is 66.4 Å². The molecule has 0 aliphatic heterocycles. The first-order valence-electron chi connectivity index (χ1n) is 14.1. The van der Waals surface area contributed by atoms with Crippen molar-refractivity contribution in [1.82, 2.24) is 4.37 Å². The Kier molecular flexibility index (Phi) is 6.31. The molecule has 0 fully saturated rings. The van der Waals surface area contributed by atoms with Crippen molar-refractivity contribution in [2.24, 2.45) is 0 Å². The van der Waals surface area contributed by atoms with Crippen molar-refractivity contribution in [2.75, 3.05) is 5.32 Å². The first-order chi connectivity index (χ1) is 22.3. The van der Waals surface area contributed by atoms with E-state index in [-0.39, 0.29) is 45.1 Å². The van der Waals surface area contributed by atoms with Crippen LogP contribution >= 0.6 is 23.3 Å². The maximum atomic E-state index is 14.0. The quantitative estimate of drug-likeness (QED) is 0.200. The second-order valence-corrected chi connectivity index (χ2v) is 12.6. The molecule has 2 aliphatic carbocycles. The highest BCUT2D eigenvalue weighted by molar-refractivity contribution is 7.99. The number of hydrogen-bond donors (Lipinski definition) is 2. The Labute approximate surface area is 268 Å². The molecule has 2 N–H and O–H groups in total. The van der Waals surface area contributed by atoms with E-state index in [0.717, 1.165) is 17.1 Å². The van der Waals surface area contributed by atoms with Gasteiger partial charge in [-0.25, -0.2) is 4.79 Å². The number of amides is 1. The standard InChI is InChI=1S/C36H18N2O6S2/c39-31-20-9-2-1-8-19(20)30-29-23(31)14-15-24(34(29)46-38-30)35(42)37-25-12-4-10-21-27(25)32(40)22-11-5-13-26(28(22)33(21)41)45-18-7-3-6-17(16-18)36(43)44/h1-16H,(H,37,42)(H,43,44). The number of carboxylic acid groups (broad SMARTS) is 1. The van der Waals surface area contributed by atoms with E-state index in [0.29, 0.717) is 42.3 Å². The number of ketones is 3. The molecule has 46 heavy (non-hydrogen) atoms. The van der Waals surface area contributed by atoms with Crippen LogP contribution in [0.25, 0.3) is 21.3 Å². The fourth-order valence-corrected chi connectivity index (χ4v) is 8.01. The van der Waals surface area contributed by atoms with Crippen molar-refractivity contribution in [3.63, 3.8) is 0 Å². The minimum absolute atomic E-state index is 0.0893. The van der Waals surface area contributed by atoms with E-state index in [1.165, 1.54) is 23.9 Å². The first-order valence-corrected chi connectivity index (χ1v) is 15.7. The third-order valence-corrected chi connectivity index (χ3v) is 10.1. The van der Waals surface area contributed by atoms with Crippen LogP contribution in [-0.2, 0) is 0 Å². The van der Waals surface area contributed by atoms with E-state index < -0.39 is 17.7 Å². The summed E-state index contributed by atoms with van der Waals surface area (Å²) < 4.78 is 5.15. The van der Waals surface area contributed by atoms with E-state index >= 15 is 0 Å². The molecule has 0 saturated heterocycles. The Hall–Kier alpha value is -5.71. The Morgan fingerprint density at radius 2 is 1.39 bits per heavy atom. The minimum Gasteiger partial charge on any atom is -0.478 e. The van der Waals surface area contributed by atoms with Gasteiger partial charge >= 0.3 is 5.97 Å². The van der Waals surface area contributed by atoms with E-state index in [9.17, 15) is 29.1 Å². The van der Waals surface area contributed by atoms with Gasteiger partial charge in [-0.2, -0.15) is 4.37 Å². The zero-order chi connectivity index (χ0) is 31.7. The third kappa shape index (κ3) is 4.15. The number of benzene rings is 5. The summed E-state index contributed by atoms with van der Waals surface area (Å²) in [6.45, 7) is 0. The number of aromatic nitrogens is 1. The van der Waals surface area contributed by atoms with Gasteiger partial charge in [0.05, 0.1) is 32.8 Å². The normalized spacial score (nSPS) is 12.8. The Balaban J connectivity index is 1.15. The molecule has 1 amide bonds. The lowest BCUT2D eigenvalue weighted by Crippen LogP contribution is -2.24. The van der Waals surface area contributed by atoms with Gasteiger partial charge in [0, 0.05) is 48.6 Å². The predicted octanol–water partition coefficient (Wildman–Crippen LogP) is 7.38. The number of anilines is 1. The van der Waals surface area contributed by atoms with Crippen molar-refractivity contribution in [2.45, 2.75) is 9.79 Å². The van der Waals surface area contributed by atoms with E-state index in [4.69, 9.17) is 0 Å². The Morgan fingerprint density at radius 1 is 0.696 bits per heavy atom. The molecule has 8 nitrogen and oxygen atoms in total. The number of carboxylic acids is 1. The van der Waals surface area contributed by atoms with Crippen LogP contribution in [0.1, 0.15) is 68.5 Å². The van der Waals surface area contributed by atoms with Gasteiger partial charge in [0.15, 0.2) is 17.3 Å². The number of hydrogen-bond acceptors (Lipinski definition) is 8. The third-order valence-electron chi connectivity index (χ3n) is 8.13. The lowest BCUT2D eigenvalue weighted by atomic mass is 9.83. The van der Waals surface area contributed by atoms with Crippen LogP contribution in [0.5, 0.6) is 0 Å². The zero-order valence-corrected chi connectivity index (χ0v) is 25.1. The van der Waals surface area contributed by atoms with E-state index in [1.54, 1.807) is 72.8 Å². The van der Waals surface area contributed by atoms with Gasteiger partial charge in [-0.05, 0) is 54.0 Å². The lowest BCUT2D eigenvalue weighted by Gasteiger charge is -2.22. The molecule has 6 aromatic rings. The molecular weight excluding hydrogens is 621 g/mol. The number of aromatic carboxylic acids is 1. The molecule has 0 atom stereocenters. The van der Waals surface area contributed by atoms with Gasteiger partial charge in [-0.3, -0.25) is 19.2 Å².